The minimum atomic E-state index is -0.171. The van der Waals surface area contributed by atoms with Crippen LogP contribution in [0.1, 0.15) is 25.0 Å². The number of aryl methyl sites for hydroxylation is 1. The highest BCUT2D eigenvalue weighted by Crippen LogP contribution is 2.33. The van der Waals surface area contributed by atoms with E-state index >= 15 is 0 Å². The number of hydrogen-bond donors (Lipinski definition) is 0. The Labute approximate surface area is 182 Å². The summed E-state index contributed by atoms with van der Waals surface area (Å²) in [7, 11) is 0. The number of para-hydroxylation sites is 1. The summed E-state index contributed by atoms with van der Waals surface area (Å²) >= 11 is 1.46. The number of hydrogen-bond acceptors (Lipinski definition) is 5. The highest BCUT2D eigenvalue weighted by Gasteiger charge is 2.28. The molecule has 4 rings (SSSR count). The summed E-state index contributed by atoms with van der Waals surface area (Å²) in [6.45, 7) is 9.64. The first-order valence-corrected chi connectivity index (χ1v) is 11.2. The lowest BCUT2D eigenvalue weighted by molar-refractivity contribution is -0.113. The number of anilines is 1. The van der Waals surface area contributed by atoms with Crippen LogP contribution in [0.4, 0.5) is 5.69 Å². The van der Waals surface area contributed by atoms with Crippen LogP contribution >= 0.6 is 11.8 Å². The molecule has 6 heteroatoms. The van der Waals surface area contributed by atoms with Gasteiger partial charge in [-0.3, -0.25) is 4.79 Å². The van der Waals surface area contributed by atoms with Crippen LogP contribution in [0.2, 0.25) is 0 Å². The van der Waals surface area contributed by atoms with E-state index in [0.717, 1.165) is 42.7 Å². The van der Waals surface area contributed by atoms with Gasteiger partial charge < -0.3 is 14.5 Å². The van der Waals surface area contributed by atoms with Gasteiger partial charge in [-0.2, -0.15) is 4.99 Å². The van der Waals surface area contributed by atoms with Crippen LogP contribution in [-0.2, 0) is 4.79 Å². The summed E-state index contributed by atoms with van der Waals surface area (Å²) in [5.74, 6) is 0.615. The second kappa shape index (κ2) is 8.96. The molecule has 156 valence electrons. The van der Waals surface area contributed by atoms with Gasteiger partial charge in [-0.15, -0.1) is 0 Å². The molecule has 1 amide bonds. The Morgan fingerprint density at radius 2 is 1.67 bits per heavy atom. The third-order valence-electron chi connectivity index (χ3n) is 5.13. The monoisotopic (exact) mass is 421 g/mol. The molecule has 0 unspecified atom stereocenters. The van der Waals surface area contributed by atoms with E-state index in [1.54, 1.807) is 0 Å². The minimum absolute atomic E-state index is 0.0770. The lowest BCUT2D eigenvalue weighted by Crippen LogP contribution is -2.47. The van der Waals surface area contributed by atoms with Crippen molar-refractivity contribution in [1.82, 2.24) is 4.90 Å². The number of carbonyl (C=O) groups is 1. The Kier molecular flexibility index (Phi) is 6.13. The van der Waals surface area contributed by atoms with Gasteiger partial charge in [-0.05, 0) is 56.8 Å². The van der Waals surface area contributed by atoms with Gasteiger partial charge in [0.05, 0.1) is 11.0 Å². The van der Waals surface area contributed by atoms with Crippen molar-refractivity contribution in [3.8, 4) is 5.75 Å². The molecule has 0 atom stereocenters. The molecule has 5 nitrogen and oxygen atoms in total. The van der Waals surface area contributed by atoms with E-state index in [-0.39, 0.29) is 12.0 Å². The van der Waals surface area contributed by atoms with Crippen molar-refractivity contribution >= 4 is 34.6 Å². The minimum Gasteiger partial charge on any atom is -0.490 e. The number of ether oxygens (including phenoxy) is 1. The van der Waals surface area contributed by atoms with Crippen LogP contribution in [0.5, 0.6) is 5.75 Å². The molecule has 0 bridgehead atoms. The Morgan fingerprint density at radius 1 is 1.00 bits per heavy atom. The lowest BCUT2D eigenvalue weighted by atomic mass is 10.2. The average molecular weight is 422 g/mol. The Hall–Kier alpha value is -2.73. The maximum Gasteiger partial charge on any atom is 0.286 e. The number of carbonyl (C=O) groups excluding carboxylic acids is 1. The summed E-state index contributed by atoms with van der Waals surface area (Å²) in [6, 6.07) is 16.4. The predicted octanol–water partition coefficient (Wildman–Crippen LogP) is 4.57. The number of amidine groups is 1. The largest absolute Gasteiger partial charge is 0.490 e. The zero-order valence-corrected chi connectivity index (χ0v) is 18.5. The first kappa shape index (κ1) is 20.5. The molecule has 1 saturated heterocycles. The van der Waals surface area contributed by atoms with Crippen molar-refractivity contribution in [3.63, 3.8) is 0 Å². The molecule has 2 aliphatic rings. The van der Waals surface area contributed by atoms with E-state index in [0.29, 0.717) is 4.91 Å². The second-order valence-corrected chi connectivity index (χ2v) is 8.83. The average Bonchev–Trinajstić information content (AvgIpc) is 3.10. The van der Waals surface area contributed by atoms with Gasteiger partial charge in [0.1, 0.15) is 5.75 Å². The summed E-state index contributed by atoms with van der Waals surface area (Å²) in [5, 5.41) is 0.803. The molecule has 0 saturated carbocycles. The summed E-state index contributed by atoms with van der Waals surface area (Å²) < 4.78 is 5.88. The molecule has 2 aromatic rings. The van der Waals surface area contributed by atoms with Crippen molar-refractivity contribution in [3.05, 3.63) is 64.6 Å². The van der Waals surface area contributed by atoms with E-state index in [1.165, 1.54) is 23.0 Å². The number of aliphatic imine (C=N–C) groups is 1. The fourth-order valence-electron chi connectivity index (χ4n) is 3.55. The fraction of sp³-hybridized carbons (Fsp3) is 0.333. The standard InChI is InChI=1S/C24H27N3O2S/c1-17(2)29-21-7-5-4-6-19(21)16-22-23(28)25-24(30-22)27-14-12-26(13-15-27)20-10-8-18(3)9-11-20/h4-11,16-17H,12-15H2,1-3H3/b22-16+. The van der Waals surface area contributed by atoms with Crippen LogP contribution in [0, 0.1) is 6.92 Å². The first-order valence-electron chi connectivity index (χ1n) is 10.3. The molecule has 0 spiro atoms. The molecule has 0 N–H and O–H groups in total. The normalized spacial score (nSPS) is 18.3. The van der Waals surface area contributed by atoms with Gasteiger partial charge >= 0.3 is 0 Å². The zero-order chi connectivity index (χ0) is 21.1. The van der Waals surface area contributed by atoms with Crippen LogP contribution in [0.25, 0.3) is 6.08 Å². The highest BCUT2D eigenvalue weighted by atomic mass is 32.2. The number of thioether (sulfide) groups is 1. The first-order chi connectivity index (χ1) is 14.5. The topological polar surface area (TPSA) is 45.1 Å². The second-order valence-electron chi connectivity index (χ2n) is 7.82. The molecule has 2 heterocycles. The molecule has 30 heavy (non-hydrogen) atoms. The summed E-state index contributed by atoms with van der Waals surface area (Å²) in [5.41, 5.74) is 3.43. The van der Waals surface area contributed by atoms with Crippen molar-refractivity contribution in [1.29, 1.82) is 0 Å². The van der Waals surface area contributed by atoms with Gasteiger partial charge in [0.2, 0.25) is 0 Å². The third kappa shape index (κ3) is 4.70. The van der Waals surface area contributed by atoms with Crippen molar-refractivity contribution in [2.45, 2.75) is 26.9 Å². The Bertz CT molecular complexity index is 974. The van der Waals surface area contributed by atoms with Crippen LogP contribution in [0.15, 0.2) is 58.4 Å². The SMILES string of the molecule is Cc1ccc(N2CCN(C3=NC(=O)/C(=C\c4ccccc4OC(C)C)S3)CC2)cc1. The van der Waals surface area contributed by atoms with E-state index in [4.69, 9.17) is 4.74 Å². The maximum absolute atomic E-state index is 12.5. The van der Waals surface area contributed by atoms with Gasteiger partial charge in [0.25, 0.3) is 5.91 Å². The van der Waals surface area contributed by atoms with Crippen LogP contribution in [-0.4, -0.2) is 48.3 Å². The molecule has 2 aromatic carbocycles. The van der Waals surface area contributed by atoms with E-state index < -0.39 is 0 Å². The summed E-state index contributed by atoms with van der Waals surface area (Å²) in [6.07, 6.45) is 1.97. The Balaban J connectivity index is 1.41. The van der Waals surface area contributed by atoms with Crippen molar-refractivity contribution < 1.29 is 9.53 Å². The molecule has 1 fully saturated rings. The zero-order valence-electron chi connectivity index (χ0n) is 17.7. The van der Waals surface area contributed by atoms with Gasteiger partial charge in [-0.1, -0.05) is 35.9 Å². The number of rotatable bonds is 4. The molecular formula is C24H27N3O2S. The molecule has 0 aliphatic carbocycles. The maximum atomic E-state index is 12.5. The number of amides is 1. The Morgan fingerprint density at radius 3 is 2.37 bits per heavy atom. The number of benzene rings is 2. The molecule has 2 aliphatic heterocycles. The van der Waals surface area contributed by atoms with Gasteiger partial charge in [-0.25, -0.2) is 0 Å². The van der Waals surface area contributed by atoms with Crippen LogP contribution < -0.4 is 9.64 Å². The highest BCUT2D eigenvalue weighted by molar-refractivity contribution is 8.18. The van der Waals surface area contributed by atoms with Gasteiger partial charge in [0, 0.05) is 37.4 Å². The van der Waals surface area contributed by atoms with Crippen molar-refractivity contribution in [2.75, 3.05) is 31.1 Å². The smallest absolute Gasteiger partial charge is 0.286 e. The fourth-order valence-corrected chi connectivity index (χ4v) is 4.50. The summed E-state index contributed by atoms with van der Waals surface area (Å²) in [4.78, 5) is 22.1. The van der Waals surface area contributed by atoms with Crippen LogP contribution in [0.3, 0.4) is 0 Å². The van der Waals surface area contributed by atoms with Crippen molar-refractivity contribution in [2.24, 2.45) is 4.99 Å². The third-order valence-corrected chi connectivity index (χ3v) is 6.17. The quantitative estimate of drug-likeness (QED) is 0.677. The molecular weight excluding hydrogens is 394 g/mol. The van der Waals surface area contributed by atoms with E-state index in [9.17, 15) is 4.79 Å². The number of nitrogens with zero attached hydrogens (tertiary/aromatic N) is 3. The van der Waals surface area contributed by atoms with Gasteiger partial charge in [0.15, 0.2) is 5.17 Å². The van der Waals surface area contributed by atoms with E-state index in [1.807, 2.05) is 44.2 Å². The molecule has 0 radical (unpaired) electrons. The lowest BCUT2D eigenvalue weighted by Gasteiger charge is -2.36. The van der Waals surface area contributed by atoms with E-state index in [2.05, 4.69) is 46.0 Å². The predicted molar refractivity (Wildman–Crippen MR) is 125 cm³/mol. The molecule has 0 aromatic heterocycles. The number of piperazine rings is 1.